The number of carbonyl (C=O) groups excluding carboxylic acids is 1. The number of hydrogen-bond donors (Lipinski definition) is 1. The van der Waals surface area contributed by atoms with Gasteiger partial charge in [-0.2, -0.15) is 5.10 Å². The number of carbonyl (C=O) groups is 1. The lowest BCUT2D eigenvalue weighted by atomic mass is 10.0. The number of aryl methyl sites for hydroxylation is 1. The molecule has 0 unspecified atom stereocenters. The molecule has 0 amide bonds. The Labute approximate surface area is 152 Å². The van der Waals surface area contributed by atoms with Crippen LogP contribution in [-0.2, 0) is 22.5 Å². The van der Waals surface area contributed by atoms with Crippen molar-refractivity contribution in [2.45, 2.75) is 26.3 Å². The third-order valence-electron chi connectivity index (χ3n) is 4.07. The zero-order chi connectivity index (χ0) is 18.4. The lowest BCUT2D eigenvalue weighted by Crippen LogP contribution is -2.05. The topological polar surface area (TPSA) is 64.3 Å². The van der Waals surface area contributed by atoms with E-state index >= 15 is 0 Å². The SMILES string of the molecule is CCOC(=O)CCc1cn(Cc2ccc(O)cc2)nc1-c1ccccc1. The van der Waals surface area contributed by atoms with Crippen LogP contribution in [0.4, 0.5) is 0 Å². The number of phenolic OH excluding ortho intramolecular Hbond substituents is 1. The molecular formula is C21H22N2O3. The summed E-state index contributed by atoms with van der Waals surface area (Å²) in [4.78, 5) is 11.7. The summed E-state index contributed by atoms with van der Waals surface area (Å²) in [6, 6.07) is 17.0. The van der Waals surface area contributed by atoms with Crippen LogP contribution in [0.3, 0.4) is 0 Å². The van der Waals surface area contributed by atoms with Crippen molar-refractivity contribution in [2.75, 3.05) is 6.61 Å². The molecule has 0 aliphatic rings. The summed E-state index contributed by atoms with van der Waals surface area (Å²) in [5.41, 5.74) is 3.97. The van der Waals surface area contributed by atoms with Crippen molar-refractivity contribution >= 4 is 5.97 Å². The molecule has 5 nitrogen and oxygen atoms in total. The number of esters is 1. The van der Waals surface area contributed by atoms with Crippen LogP contribution in [0.2, 0.25) is 0 Å². The molecule has 0 saturated carbocycles. The standard InChI is InChI=1S/C21H22N2O3/c1-2-26-20(25)13-10-18-15-23(14-16-8-11-19(24)12-9-16)22-21(18)17-6-4-3-5-7-17/h3-9,11-12,15,24H,2,10,13-14H2,1H3. The molecule has 1 heterocycles. The third kappa shape index (κ3) is 4.51. The first-order chi connectivity index (χ1) is 12.7. The van der Waals surface area contributed by atoms with Crippen LogP contribution in [0, 0.1) is 0 Å². The summed E-state index contributed by atoms with van der Waals surface area (Å²) >= 11 is 0. The van der Waals surface area contributed by atoms with E-state index in [1.807, 2.05) is 60.3 Å². The smallest absolute Gasteiger partial charge is 0.306 e. The normalized spacial score (nSPS) is 10.7. The lowest BCUT2D eigenvalue weighted by Gasteiger charge is -2.03. The Morgan fingerprint density at radius 1 is 1.12 bits per heavy atom. The predicted octanol–water partition coefficient (Wildman–Crippen LogP) is 3.80. The predicted molar refractivity (Wildman–Crippen MR) is 99.8 cm³/mol. The number of hydrogen-bond acceptors (Lipinski definition) is 4. The van der Waals surface area contributed by atoms with Crippen molar-refractivity contribution in [1.82, 2.24) is 9.78 Å². The molecule has 134 valence electrons. The fourth-order valence-electron chi connectivity index (χ4n) is 2.82. The van der Waals surface area contributed by atoms with Gasteiger partial charge in [0.1, 0.15) is 5.75 Å². The van der Waals surface area contributed by atoms with E-state index in [4.69, 9.17) is 9.84 Å². The van der Waals surface area contributed by atoms with E-state index < -0.39 is 0 Å². The van der Waals surface area contributed by atoms with Gasteiger partial charge in [0, 0.05) is 18.2 Å². The number of aromatic nitrogens is 2. The van der Waals surface area contributed by atoms with Gasteiger partial charge in [-0.05, 0) is 36.6 Å². The van der Waals surface area contributed by atoms with Crippen molar-refractivity contribution in [3.8, 4) is 17.0 Å². The Morgan fingerprint density at radius 3 is 2.54 bits per heavy atom. The molecular weight excluding hydrogens is 328 g/mol. The van der Waals surface area contributed by atoms with E-state index in [2.05, 4.69) is 0 Å². The van der Waals surface area contributed by atoms with E-state index in [-0.39, 0.29) is 11.7 Å². The average molecular weight is 350 g/mol. The second-order valence-corrected chi connectivity index (χ2v) is 6.04. The summed E-state index contributed by atoms with van der Waals surface area (Å²) in [5, 5.41) is 14.1. The van der Waals surface area contributed by atoms with Gasteiger partial charge in [-0.3, -0.25) is 9.48 Å². The van der Waals surface area contributed by atoms with E-state index in [0.29, 0.717) is 26.0 Å². The highest BCUT2D eigenvalue weighted by Crippen LogP contribution is 2.24. The van der Waals surface area contributed by atoms with Crippen molar-refractivity contribution in [1.29, 1.82) is 0 Å². The number of phenols is 1. The number of aromatic hydroxyl groups is 1. The summed E-state index contributed by atoms with van der Waals surface area (Å²) < 4.78 is 6.90. The highest BCUT2D eigenvalue weighted by atomic mass is 16.5. The van der Waals surface area contributed by atoms with Crippen molar-refractivity contribution in [2.24, 2.45) is 0 Å². The van der Waals surface area contributed by atoms with Gasteiger partial charge in [-0.1, -0.05) is 42.5 Å². The van der Waals surface area contributed by atoms with Crippen LogP contribution in [-0.4, -0.2) is 27.5 Å². The number of nitrogens with zero attached hydrogens (tertiary/aromatic N) is 2. The van der Waals surface area contributed by atoms with Gasteiger partial charge < -0.3 is 9.84 Å². The number of ether oxygens (including phenoxy) is 1. The molecule has 0 saturated heterocycles. The summed E-state index contributed by atoms with van der Waals surface area (Å²) in [5.74, 6) is 0.0483. The first-order valence-corrected chi connectivity index (χ1v) is 8.71. The maximum atomic E-state index is 11.7. The minimum Gasteiger partial charge on any atom is -0.508 e. The third-order valence-corrected chi connectivity index (χ3v) is 4.07. The minimum atomic E-state index is -0.196. The fraction of sp³-hybridized carbons (Fsp3) is 0.238. The molecule has 1 aromatic heterocycles. The first-order valence-electron chi connectivity index (χ1n) is 8.71. The summed E-state index contributed by atoms with van der Waals surface area (Å²) in [6.45, 7) is 2.80. The minimum absolute atomic E-state index is 0.196. The van der Waals surface area contributed by atoms with Gasteiger partial charge in [-0.15, -0.1) is 0 Å². The number of benzene rings is 2. The molecule has 26 heavy (non-hydrogen) atoms. The van der Waals surface area contributed by atoms with Crippen LogP contribution < -0.4 is 0 Å². The van der Waals surface area contributed by atoms with Crippen molar-refractivity contribution < 1.29 is 14.6 Å². The Hall–Kier alpha value is -3.08. The van der Waals surface area contributed by atoms with Crippen LogP contribution in [0.25, 0.3) is 11.3 Å². The maximum Gasteiger partial charge on any atom is 0.306 e. The Balaban J connectivity index is 1.84. The van der Waals surface area contributed by atoms with Gasteiger partial charge in [0.05, 0.1) is 18.8 Å². The van der Waals surface area contributed by atoms with Crippen LogP contribution in [0.15, 0.2) is 60.8 Å². The second-order valence-electron chi connectivity index (χ2n) is 6.04. The highest BCUT2D eigenvalue weighted by Gasteiger charge is 2.13. The van der Waals surface area contributed by atoms with Gasteiger partial charge in [0.2, 0.25) is 0 Å². The Morgan fingerprint density at radius 2 is 1.85 bits per heavy atom. The van der Waals surface area contributed by atoms with Crippen molar-refractivity contribution in [3.05, 3.63) is 71.9 Å². The van der Waals surface area contributed by atoms with E-state index in [9.17, 15) is 9.90 Å². The summed E-state index contributed by atoms with van der Waals surface area (Å²) in [7, 11) is 0. The van der Waals surface area contributed by atoms with Crippen molar-refractivity contribution in [3.63, 3.8) is 0 Å². The largest absolute Gasteiger partial charge is 0.508 e. The quantitative estimate of drug-likeness (QED) is 0.658. The molecule has 1 N–H and O–H groups in total. The zero-order valence-corrected chi connectivity index (χ0v) is 14.8. The number of rotatable bonds is 7. The van der Waals surface area contributed by atoms with Gasteiger partial charge in [0.25, 0.3) is 0 Å². The Bertz CT molecular complexity index is 855. The van der Waals surface area contributed by atoms with Crippen LogP contribution >= 0.6 is 0 Å². The fourth-order valence-corrected chi connectivity index (χ4v) is 2.82. The van der Waals surface area contributed by atoms with E-state index in [1.165, 1.54) is 0 Å². The Kier molecular flexibility index (Phi) is 5.69. The second kappa shape index (κ2) is 8.34. The molecule has 3 aromatic rings. The molecule has 2 aromatic carbocycles. The lowest BCUT2D eigenvalue weighted by molar-refractivity contribution is -0.143. The van der Waals surface area contributed by atoms with Gasteiger partial charge >= 0.3 is 5.97 Å². The van der Waals surface area contributed by atoms with E-state index in [0.717, 1.165) is 22.4 Å². The van der Waals surface area contributed by atoms with Crippen LogP contribution in [0.1, 0.15) is 24.5 Å². The molecule has 0 aliphatic carbocycles. The molecule has 0 fully saturated rings. The molecule has 0 radical (unpaired) electrons. The first kappa shape index (κ1) is 17.7. The van der Waals surface area contributed by atoms with Crippen LogP contribution in [0.5, 0.6) is 5.75 Å². The molecule has 5 heteroatoms. The maximum absolute atomic E-state index is 11.7. The zero-order valence-electron chi connectivity index (χ0n) is 14.8. The molecule has 0 spiro atoms. The molecule has 0 aliphatic heterocycles. The average Bonchev–Trinajstić information content (AvgIpc) is 3.06. The van der Waals surface area contributed by atoms with E-state index in [1.54, 1.807) is 12.1 Å². The summed E-state index contributed by atoms with van der Waals surface area (Å²) in [6.07, 6.45) is 2.89. The molecule has 0 bridgehead atoms. The molecule has 3 rings (SSSR count). The monoisotopic (exact) mass is 350 g/mol. The van der Waals surface area contributed by atoms with Gasteiger partial charge in [-0.25, -0.2) is 0 Å². The van der Waals surface area contributed by atoms with Gasteiger partial charge in [0.15, 0.2) is 0 Å². The molecule has 0 atom stereocenters. The highest BCUT2D eigenvalue weighted by molar-refractivity contribution is 5.70.